The number of carbonyl (C=O) groups excluding carboxylic acids is 1. The Labute approximate surface area is 75.8 Å². The highest BCUT2D eigenvalue weighted by Crippen LogP contribution is 2.33. The van der Waals surface area contributed by atoms with E-state index in [1.807, 2.05) is 0 Å². The second-order valence-electron chi connectivity index (χ2n) is 3.37. The molecule has 1 rings (SSSR count). The van der Waals surface area contributed by atoms with Crippen molar-refractivity contribution in [2.24, 2.45) is 5.41 Å². The molecule has 2 atom stereocenters. The second-order valence-corrected chi connectivity index (χ2v) is 3.37. The Balaban J connectivity index is 0.00000144. The van der Waals surface area contributed by atoms with Crippen LogP contribution < -0.4 is 5.32 Å². The number of alkyl halides is 1. The molecule has 13 heavy (non-hydrogen) atoms. The molecule has 0 spiro atoms. The number of aliphatic hydroxyl groups is 1. The standard InChI is InChI=1S/C8H12FNO2.H2O/c1-8(5-12)2-3-10-6(4-11)7(8)9;/h7,10,12H,2-3,5H2,1H3;1H2. The number of nitrogens with one attached hydrogen (secondary N) is 1. The van der Waals surface area contributed by atoms with E-state index in [9.17, 15) is 9.18 Å². The van der Waals surface area contributed by atoms with Gasteiger partial charge >= 0.3 is 0 Å². The lowest BCUT2D eigenvalue weighted by Gasteiger charge is -2.35. The van der Waals surface area contributed by atoms with Crippen molar-refractivity contribution in [3.8, 4) is 0 Å². The molecule has 0 aliphatic carbocycles. The Bertz CT molecular complexity index is 227. The number of allylic oxidation sites excluding steroid dienone is 1. The van der Waals surface area contributed by atoms with Crippen molar-refractivity contribution in [2.45, 2.75) is 19.5 Å². The number of halogens is 1. The third-order valence-corrected chi connectivity index (χ3v) is 2.35. The molecule has 2 unspecified atom stereocenters. The van der Waals surface area contributed by atoms with Crippen molar-refractivity contribution in [1.29, 1.82) is 0 Å². The lowest BCUT2D eigenvalue weighted by atomic mass is 9.79. The summed E-state index contributed by atoms with van der Waals surface area (Å²) in [4.78, 5) is 10.2. The molecule has 0 radical (unpaired) electrons. The fourth-order valence-electron chi connectivity index (χ4n) is 1.29. The molecular formula is C8H14FNO3. The monoisotopic (exact) mass is 191 g/mol. The molecule has 5 heteroatoms. The summed E-state index contributed by atoms with van der Waals surface area (Å²) in [6.07, 6.45) is -0.899. The normalized spacial score (nSPS) is 32.8. The van der Waals surface area contributed by atoms with Gasteiger partial charge in [0.25, 0.3) is 0 Å². The number of hydrogen-bond donors (Lipinski definition) is 2. The highest BCUT2D eigenvalue weighted by molar-refractivity contribution is 5.54. The zero-order valence-corrected chi connectivity index (χ0v) is 7.43. The fourth-order valence-corrected chi connectivity index (χ4v) is 1.29. The molecule has 76 valence electrons. The van der Waals surface area contributed by atoms with Gasteiger partial charge < -0.3 is 15.9 Å². The molecule has 0 amide bonds. The van der Waals surface area contributed by atoms with E-state index in [4.69, 9.17) is 5.11 Å². The van der Waals surface area contributed by atoms with Gasteiger partial charge in [-0.3, -0.25) is 0 Å². The minimum Gasteiger partial charge on any atom is -0.412 e. The first-order valence-electron chi connectivity index (χ1n) is 3.88. The third-order valence-electron chi connectivity index (χ3n) is 2.35. The van der Waals surface area contributed by atoms with Crippen molar-refractivity contribution in [1.82, 2.24) is 5.32 Å². The Morgan fingerprint density at radius 1 is 1.85 bits per heavy atom. The number of rotatable bonds is 1. The van der Waals surface area contributed by atoms with Gasteiger partial charge in [-0.05, 0) is 6.42 Å². The smallest absolute Gasteiger partial charge is 0.158 e. The highest BCUT2D eigenvalue weighted by atomic mass is 19.1. The van der Waals surface area contributed by atoms with Crippen LogP contribution in [-0.4, -0.2) is 35.8 Å². The summed E-state index contributed by atoms with van der Waals surface area (Å²) in [6.45, 7) is 1.89. The topological polar surface area (TPSA) is 80.8 Å². The minimum atomic E-state index is -1.42. The molecule has 4 nitrogen and oxygen atoms in total. The molecule has 0 saturated carbocycles. The number of aliphatic hydroxyl groups excluding tert-OH is 1. The van der Waals surface area contributed by atoms with Crippen LogP contribution in [0.1, 0.15) is 13.3 Å². The lowest BCUT2D eigenvalue weighted by molar-refractivity contribution is 0.0458. The third kappa shape index (κ3) is 2.06. The minimum absolute atomic E-state index is 0. The van der Waals surface area contributed by atoms with E-state index in [1.165, 1.54) is 5.94 Å². The summed E-state index contributed by atoms with van der Waals surface area (Å²) in [5, 5.41) is 11.5. The maximum absolute atomic E-state index is 13.4. The summed E-state index contributed by atoms with van der Waals surface area (Å²) in [5.74, 6) is 1.51. The van der Waals surface area contributed by atoms with Crippen LogP contribution in [0.5, 0.6) is 0 Å². The van der Waals surface area contributed by atoms with Gasteiger partial charge in [-0.15, -0.1) is 0 Å². The van der Waals surface area contributed by atoms with E-state index in [0.29, 0.717) is 13.0 Å². The highest BCUT2D eigenvalue weighted by Gasteiger charge is 2.40. The largest absolute Gasteiger partial charge is 0.412 e. The molecule has 0 aromatic heterocycles. The summed E-state index contributed by atoms with van der Waals surface area (Å²) >= 11 is 0. The molecule has 1 heterocycles. The molecule has 1 saturated heterocycles. The quantitative estimate of drug-likeness (QED) is 0.533. The van der Waals surface area contributed by atoms with Gasteiger partial charge in [0.15, 0.2) is 6.17 Å². The Morgan fingerprint density at radius 2 is 2.46 bits per heavy atom. The van der Waals surface area contributed by atoms with Gasteiger partial charge in [-0.2, -0.15) is 0 Å². The molecule has 4 N–H and O–H groups in total. The van der Waals surface area contributed by atoms with E-state index in [1.54, 1.807) is 6.92 Å². The van der Waals surface area contributed by atoms with Crippen molar-refractivity contribution < 1.29 is 19.8 Å². The van der Waals surface area contributed by atoms with E-state index in [0.717, 1.165) is 0 Å². The maximum atomic E-state index is 13.4. The predicted molar refractivity (Wildman–Crippen MR) is 45.5 cm³/mol. The van der Waals surface area contributed by atoms with E-state index < -0.39 is 11.6 Å². The van der Waals surface area contributed by atoms with E-state index >= 15 is 0 Å². The average molecular weight is 191 g/mol. The molecule has 0 aromatic carbocycles. The SMILES string of the molecule is CC1(CO)CCNC(=C=O)C1F.O. The second kappa shape index (κ2) is 4.37. The molecule has 1 aliphatic rings. The zero-order chi connectivity index (χ0) is 9.19. The molecular weight excluding hydrogens is 177 g/mol. The van der Waals surface area contributed by atoms with Gasteiger partial charge in [0.05, 0.1) is 6.61 Å². The van der Waals surface area contributed by atoms with Gasteiger partial charge in [0, 0.05) is 12.0 Å². The van der Waals surface area contributed by atoms with Crippen LogP contribution in [0.4, 0.5) is 4.39 Å². The van der Waals surface area contributed by atoms with Crippen molar-refractivity contribution >= 4 is 5.94 Å². The first-order valence-corrected chi connectivity index (χ1v) is 3.88. The first kappa shape index (κ1) is 12.1. The van der Waals surface area contributed by atoms with Crippen LogP contribution in [0.25, 0.3) is 0 Å². The number of piperidine rings is 1. The van der Waals surface area contributed by atoms with Crippen molar-refractivity contribution in [3.05, 3.63) is 5.70 Å². The molecule has 1 fully saturated rings. The molecule has 0 aromatic rings. The Morgan fingerprint density at radius 3 is 2.92 bits per heavy atom. The Hall–Kier alpha value is -0.900. The van der Waals surface area contributed by atoms with Crippen LogP contribution in [0.15, 0.2) is 5.70 Å². The Kier molecular flexibility index (Phi) is 4.07. The molecule has 1 aliphatic heterocycles. The van der Waals surface area contributed by atoms with Gasteiger partial charge in [0.1, 0.15) is 11.6 Å². The zero-order valence-electron chi connectivity index (χ0n) is 7.43. The summed E-state index contributed by atoms with van der Waals surface area (Å²) < 4.78 is 13.4. The van der Waals surface area contributed by atoms with Crippen LogP contribution in [0, 0.1) is 5.41 Å². The maximum Gasteiger partial charge on any atom is 0.158 e. The van der Waals surface area contributed by atoms with E-state index in [-0.39, 0.29) is 17.8 Å². The average Bonchev–Trinajstić information content (AvgIpc) is 2.10. The van der Waals surface area contributed by atoms with Gasteiger partial charge in [0.2, 0.25) is 0 Å². The van der Waals surface area contributed by atoms with Crippen LogP contribution in [0.2, 0.25) is 0 Å². The predicted octanol–water partition coefficient (Wildman–Crippen LogP) is -0.793. The van der Waals surface area contributed by atoms with Gasteiger partial charge in [-0.25, -0.2) is 9.18 Å². The summed E-state index contributed by atoms with van der Waals surface area (Å²) in [7, 11) is 0. The van der Waals surface area contributed by atoms with Crippen LogP contribution in [0.3, 0.4) is 0 Å². The first-order chi connectivity index (χ1) is 5.64. The summed E-state index contributed by atoms with van der Waals surface area (Å²) in [5.41, 5.74) is -0.893. The number of hydrogen-bond acceptors (Lipinski definition) is 3. The molecule has 0 bridgehead atoms. The lowest BCUT2D eigenvalue weighted by Crippen LogP contribution is -2.45. The fraction of sp³-hybridized carbons (Fsp3) is 0.750. The van der Waals surface area contributed by atoms with E-state index in [2.05, 4.69) is 5.32 Å². The van der Waals surface area contributed by atoms with Gasteiger partial charge in [-0.1, -0.05) is 6.92 Å². The van der Waals surface area contributed by atoms with Crippen molar-refractivity contribution in [2.75, 3.05) is 13.2 Å². The van der Waals surface area contributed by atoms with Crippen LogP contribution >= 0.6 is 0 Å². The van der Waals surface area contributed by atoms with Crippen LogP contribution in [-0.2, 0) is 4.79 Å². The van der Waals surface area contributed by atoms with Crippen molar-refractivity contribution in [3.63, 3.8) is 0 Å². The summed E-state index contributed by atoms with van der Waals surface area (Å²) in [6, 6.07) is 0.